The number of benzene rings is 1. The van der Waals surface area contributed by atoms with Crippen molar-refractivity contribution in [3.05, 3.63) is 96.5 Å². The number of amides is 2. The largest absolute Gasteiger partial charge is 0.443 e. The van der Waals surface area contributed by atoms with Gasteiger partial charge in [-0.1, -0.05) is 6.07 Å². The molecule has 23 nitrogen and oxygen atoms in total. The van der Waals surface area contributed by atoms with Crippen LogP contribution in [0, 0.1) is 19.8 Å². The molecule has 1 aliphatic heterocycles. The topological polar surface area (TPSA) is 263 Å². The van der Waals surface area contributed by atoms with Gasteiger partial charge in [0.2, 0.25) is 5.95 Å². The van der Waals surface area contributed by atoms with E-state index in [1.54, 1.807) is 61.5 Å². The van der Waals surface area contributed by atoms with Gasteiger partial charge in [-0.2, -0.15) is 25.5 Å². The van der Waals surface area contributed by atoms with Gasteiger partial charge in [-0.3, -0.25) is 24.0 Å². The summed E-state index contributed by atoms with van der Waals surface area (Å²) in [6.45, 7) is 8.49. The van der Waals surface area contributed by atoms with Crippen molar-refractivity contribution in [3.8, 4) is 22.3 Å². The lowest BCUT2D eigenvalue weighted by atomic mass is 9.50. The molecule has 2 amide bonds. The Morgan fingerprint density at radius 1 is 0.842 bits per heavy atom. The fraction of sp³-hybridized carbons (Fsp3) is 0.412. The molecular weight excluding hydrogens is 983 g/mol. The second-order valence-corrected chi connectivity index (χ2v) is 20.7. The fourth-order valence-corrected chi connectivity index (χ4v) is 11.4. The molecule has 0 radical (unpaired) electrons. The van der Waals surface area contributed by atoms with Crippen LogP contribution in [-0.4, -0.2) is 124 Å². The number of carbonyl (C=O) groups excluding carboxylic acids is 2. The van der Waals surface area contributed by atoms with Crippen LogP contribution in [0.25, 0.3) is 44.3 Å². The van der Waals surface area contributed by atoms with Crippen molar-refractivity contribution in [2.24, 2.45) is 5.92 Å². The van der Waals surface area contributed by atoms with E-state index in [9.17, 15) is 9.59 Å². The zero-order chi connectivity index (χ0) is 52.0. The first-order chi connectivity index (χ1) is 36.8. The smallest absolute Gasteiger partial charge is 0.407 e. The summed E-state index contributed by atoms with van der Waals surface area (Å²) < 4.78 is 55.1. The maximum atomic E-state index is 15.7. The number of hydrogen-bond acceptors (Lipinski definition) is 15. The van der Waals surface area contributed by atoms with E-state index in [1.807, 2.05) is 52.1 Å². The minimum atomic E-state index is -1.60. The Labute approximate surface area is 431 Å². The molecule has 1 aromatic carbocycles. The van der Waals surface area contributed by atoms with E-state index >= 15 is 8.78 Å². The van der Waals surface area contributed by atoms with Crippen LogP contribution >= 0.6 is 0 Å². The molecule has 4 saturated carbocycles. The molecule has 76 heavy (non-hydrogen) atoms. The minimum absolute atomic E-state index is 0.0906. The third-order valence-electron chi connectivity index (χ3n) is 15.3. The van der Waals surface area contributed by atoms with Crippen molar-refractivity contribution in [1.29, 1.82) is 0 Å². The molecule has 0 unspecified atom stereocenters. The molecule has 4 aliphatic carbocycles. The lowest BCUT2D eigenvalue weighted by molar-refractivity contribution is -0.0532. The standard InChI is InChI=1S/C51H54F2N18O5/c1-25(2)59-49(72)76-38-24-74-45(43(38)53)35-17-40(67-65-35)62-48-60-26(3)41(47-55-9-11-68(47)48)32-22-57-69(27(32)4)13-14-70-36-7-5-29(15-30(36)21-56-70)33-23-58-71-12-10-54-46(44(33)71)61-39-16-34(64-66-39)31-6-8-37(42(31)52)75-50(73)63-51-18-28(19-51)20-51/h5,7,9-12,15-17,21-23,25,28,31,37-38,42-43,45H,6,8,13-14,18-20,24H2,1-4H3,(H,59,72)(H,63,73)(H2,54,61,64,66)(H2,60,62,65,67)/t28?,31-,37-,38+,42-,43+,45+,51?/m0/s1. The first-order valence-corrected chi connectivity index (χ1v) is 25.5. The molecule has 14 rings (SSSR count). The number of aromatic amines is 2. The number of fused-ring (bicyclic) bond motifs is 3. The van der Waals surface area contributed by atoms with Crippen molar-refractivity contribution in [2.45, 2.75) is 121 Å². The summed E-state index contributed by atoms with van der Waals surface area (Å²) in [5.41, 5.74) is 8.29. The number of nitrogens with one attached hydrogen (secondary N) is 6. The number of H-pyrrole nitrogens is 2. The number of aryl methyl sites for hydroxylation is 3. The quantitative estimate of drug-likeness (QED) is 0.0575. The Balaban J connectivity index is 0.666. The predicted octanol–water partition coefficient (Wildman–Crippen LogP) is 7.68. The Morgan fingerprint density at radius 2 is 1.59 bits per heavy atom. The van der Waals surface area contributed by atoms with Gasteiger partial charge in [-0.25, -0.2) is 37.8 Å². The van der Waals surface area contributed by atoms with Gasteiger partial charge in [0.05, 0.1) is 55.2 Å². The SMILES string of the molecule is Cc1nc(Nc2cc([C@H]3OC[C@@H](OC(=O)NC(C)C)[C@H]3F)[nH]n2)n2ccnc2c1-c1cnn(CCn2ncc3cc(-c4cnn5ccnc(Nc6cc([C@@H]7CC[C@H](OC(=O)NC89CC(C8)C9)[C@H]7F)[nH]n6)c45)ccc32)c1C. The summed E-state index contributed by atoms with van der Waals surface area (Å²) >= 11 is 0. The summed E-state index contributed by atoms with van der Waals surface area (Å²) in [6, 6.07) is 9.43. The summed E-state index contributed by atoms with van der Waals surface area (Å²) in [7, 11) is 0. The van der Waals surface area contributed by atoms with E-state index in [4.69, 9.17) is 34.4 Å². The second-order valence-electron chi connectivity index (χ2n) is 20.7. The normalized spacial score (nSPS) is 23.8. The van der Waals surface area contributed by atoms with E-state index in [-0.39, 0.29) is 18.2 Å². The van der Waals surface area contributed by atoms with Crippen molar-refractivity contribution >= 4 is 57.7 Å². The predicted molar refractivity (Wildman–Crippen MR) is 272 cm³/mol. The highest BCUT2D eigenvalue weighted by atomic mass is 19.1. The number of rotatable bonds is 15. The van der Waals surface area contributed by atoms with Gasteiger partial charge >= 0.3 is 12.2 Å². The zero-order valence-electron chi connectivity index (χ0n) is 41.9. The molecule has 5 fully saturated rings. The number of ether oxygens (including phenoxy) is 3. The molecule has 1 saturated heterocycles. The van der Waals surface area contributed by atoms with E-state index in [0.29, 0.717) is 78.0 Å². The molecule has 0 spiro atoms. The molecule has 5 aliphatic rings. The highest BCUT2D eigenvalue weighted by Gasteiger charge is 2.58. The lowest BCUT2D eigenvalue weighted by Gasteiger charge is -2.61. The molecule has 25 heteroatoms. The molecule has 2 bridgehead atoms. The fourth-order valence-electron chi connectivity index (χ4n) is 11.4. The number of halogens is 2. The van der Waals surface area contributed by atoms with Gasteiger partial charge in [-0.15, -0.1) is 0 Å². The van der Waals surface area contributed by atoms with E-state index in [0.717, 1.165) is 63.6 Å². The van der Waals surface area contributed by atoms with Gasteiger partial charge < -0.3 is 35.5 Å². The molecule has 392 valence electrons. The number of imidazole rings is 1. The number of alkyl carbamates (subject to hydrolysis) is 2. The van der Waals surface area contributed by atoms with Gasteiger partial charge in [0.1, 0.15) is 29.5 Å². The average Bonchev–Trinajstić information content (AvgIpc) is 4.26. The van der Waals surface area contributed by atoms with Gasteiger partial charge in [-0.05, 0) is 83.4 Å². The van der Waals surface area contributed by atoms with E-state index in [2.05, 4.69) is 57.8 Å². The second kappa shape index (κ2) is 18.4. The molecular formula is C51H54F2N18O5. The number of hydrogen-bond donors (Lipinski definition) is 6. The number of nitrogens with zero attached hydrogens (tertiary/aromatic N) is 12. The Bertz CT molecular complexity index is 3670. The lowest BCUT2D eigenvalue weighted by Crippen LogP contribution is -2.68. The maximum Gasteiger partial charge on any atom is 0.407 e. The molecule has 6 N–H and O–H groups in total. The monoisotopic (exact) mass is 1040 g/mol. The molecule has 9 aromatic rings. The first kappa shape index (κ1) is 47.2. The number of anilines is 4. The summed E-state index contributed by atoms with van der Waals surface area (Å²) in [6.07, 6.45) is 9.23. The van der Waals surface area contributed by atoms with E-state index < -0.39 is 48.8 Å². The van der Waals surface area contributed by atoms with E-state index in [1.165, 1.54) is 0 Å². The van der Waals surface area contributed by atoms with Crippen LogP contribution in [0.3, 0.4) is 0 Å². The summed E-state index contributed by atoms with van der Waals surface area (Å²) in [5, 5.41) is 41.9. The molecule has 6 atom stereocenters. The van der Waals surface area contributed by atoms with Gasteiger partial charge in [0.25, 0.3) is 0 Å². The number of aromatic nitrogens is 14. The Kier molecular flexibility index (Phi) is 11.4. The third-order valence-corrected chi connectivity index (χ3v) is 15.3. The van der Waals surface area contributed by atoms with Crippen molar-refractivity contribution in [2.75, 3.05) is 17.2 Å². The van der Waals surface area contributed by atoms with Crippen LogP contribution in [0.4, 0.5) is 41.8 Å². The summed E-state index contributed by atoms with van der Waals surface area (Å²) in [5.74, 6) is 2.04. The van der Waals surface area contributed by atoms with Crippen LogP contribution < -0.4 is 21.3 Å². The highest BCUT2D eigenvalue weighted by molar-refractivity contribution is 5.93. The summed E-state index contributed by atoms with van der Waals surface area (Å²) in [4.78, 5) is 39.0. The van der Waals surface area contributed by atoms with Gasteiger partial charge in [0, 0.05) is 87.9 Å². The van der Waals surface area contributed by atoms with Gasteiger partial charge in [0.15, 0.2) is 29.7 Å². The Morgan fingerprint density at radius 3 is 2.41 bits per heavy atom. The minimum Gasteiger partial charge on any atom is -0.443 e. The Hall–Kier alpha value is -8.48. The maximum absolute atomic E-state index is 15.7. The first-order valence-electron chi connectivity index (χ1n) is 25.5. The molecule has 9 heterocycles. The molecule has 8 aromatic heterocycles. The number of alkyl halides is 2. The van der Waals surface area contributed by atoms with Crippen LogP contribution in [0.2, 0.25) is 0 Å². The number of carbonyl (C=O) groups is 2. The van der Waals surface area contributed by atoms with Crippen LogP contribution in [0.15, 0.2) is 73.7 Å². The highest BCUT2D eigenvalue weighted by Crippen LogP contribution is 2.57. The zero-order valence-corrected chi connectivity index (χ0v) is 41.9. The third kappa shape index (κ3) is 8.37. The van der Waals surface area contributed by atoms with Crippen LogP contribution in [0.5, 0.6) is 0 Å². The van der Waals surface area contributed by atoms with Crippen molar-refractivity contribution in [3.63, 3.8) is 0 Å². The van der Waals surface area contributed by atoms with Crippen LogP contribution in [-0.2, 0) is 27.3 Å². The van der Waals surface area contributed by atoms with Crippen molar-refractivity contribution in [1.82, 2.24) is 79.6 Å². The average molecular weight is 1040 g/mol. The van der Waals surface area contributed by atoms with Crippen molar-refractivity contribution < 1.29 is 32.6 Å². The van der Waals surface area contributed by atoms with Crippen LogP contribution in [0.1, 0.15) is 80.7 Å².